The Balaban J connectivity index is 2.46. The van der Waals surface area contributed by atoms with Crippen molar-refractivity contribution < 1.29 is 14.2 Å². The third kappa shape index (κ3) is 3.27. The van der Waals surface area contributed by atoms with Crippen molar-refractivity contribution in [2.45, 2.75) is 13.0 Å². The molecule has 5 nitrogen and oxygen atoms in total. The number of anilines is 1. The van der Waals surface area contributed by atoms with Gasteiger partial charge in [-0.3, -0.25) is 4.98 Å². The Morgan fingerprint density at radius 1 is 1.52 bits per heavy atom. The predicted octanol–water partition coefficient (Wildman–Crippen LogP) is 1.97. The van der Waals surface area contributed by atoms with E-state index in [9.17, 15) is 14.8 Å². The van der Waals surface area contributed by atoms with E-state index in [4.69, 9.17) is 4.74 Å². The van der Waals surface area contributed by atoms with Crippen LogP contribution < -0.4 is 5.32 Å². The second-order valence-corrected chi connectivity index (χ2v) is 4.77. The largest absolute Gasteiger partial charge is 0.389 e. The van der Waals surface area contributed by atoms with Crippen LogP contribution in [0.3, 0.4) is 0 Å². The van der Waals surface area contributed by atoms with Crippen LogP contribution in [-0.4, -0.2) is 36.5 Å². The molecule has 0 amide bonds. The first-order valence-electron chi connectivity index (χ1n) is 6.46. The second-order valence-electron chi connectivity index (χ2n) is 4.77. The van der Waals surface area contributed by atoms with E-state index >= 15 is 0 Å². The number of aromatic nitrogens is 1. The van der Waals surface area contributed by atoms with E-state index in [-0.39, 0.29) is 13.2 Å². The molecule has 1 atom stereocenters. The summed E-state index contributed by atoms with van der Waals surface area (Å²) in [6, 6.07) is 4.75. The molecule has 0 unspecified atom stereocenters. The summed E-state index contributed by atoms with van der Waals surface area (Å²) in [6.45, 7) is 2.12. The molecule has 0 radical (unpaired) electrons. The Morgan fingerprint density at radius 2 is 2.29 bits per heavy atom. The summed E-state index contributed by atoms with van der Waals surface area (Å²) < 4.78 is 18.5. The fraction of sp³-hybridized carbons (Fsp3) is 0.333. The predicted molar refractivity (Wildman–Crippen MR) is 77.5 cm³/mol. The zero-order valence-corrected chi connectivity index (χ0v) is 11.9. The highest BCUT2D eigenvalue weighted by atomic mass is 19.1. The maximum absolute atomic E-state index is 13.6. The van der Waals surface area contributed by atoms with Gasteiger partial charge < -0.3 is 15.2 Å². The highest BCUT2D eigenvalue weighted by Gasteiger charge is 2.13. The lowest BCUT2D eigenvalue weighted by Gasteiger charge is -2.15. The van der Waals surface area contributed by atoms with Crippen LogP contribution in [0.2, 0.25) is 0 Å². The van der Waals surface area contributed by atoms with Crippen molar-refractivity contribution in [3.63, 3.8) is 0 Å². The number of nitrogens with zero attached hydrogens (tertiary/aromatic N) is 2. The summed E-state index contributed by atoms with van der Waals surface area (Å²) in [5, 5.41) is 22.4. The van der Waals surface area contributed by atoms with Gasteiger partial charge >= 0.3 is 0 Å². The number of methoxy groups -OCH3 is 1. The molecule has 0 saturated carbocycles. The summed E-state index contributed by atoms with van der Waals surface area (Å²) >= 11 is 0. The quantitative estimate of drug-likeness (QED) is 0.880. The second kappa shape index (κ2) is 6.48. The Labute approximate surface area is 122 Å². The molecule has 1 aromatic carbocycles. The molecule has 0 bridgehead atoms. The van der Waals surface area contributed by atoms with Gasteiger partial charge in [-0.25, -0.2) is 4.39 Å². The van der Waals surface area contributed by atoms with Gasteiger partial charge in [0.25, 0.3) is 0 Å². The minimum Gasteiger partial charge on any atom is -0.389 e. The maximum Gasteiger partial charge on any atom is 0.124 e. The van der Waals surface area contributed by atoms with Crippen molar-refractivity contribution in [3.05, 3.63) is 35.3 Å². The molecule has 21 heavy (non-hydrogen) atoms. The minimum atomic E-state index is -0.723. The number of aliphatic hydroxyl groups excluding tert-OH is 1. The molecular weight excluding hydrogens is 273 g/mol. The van der Waals surface area contributed by atoms with Gasteiger partial charge in [-0.05, 0) is 24.6 Å². The Bertz CT molecular complexity index is 697. The third-order valence-corrected chi connectivity index (χ3v) is 3.12. The van der Waals surface area contributed by atoms with Crippen LogP contribution in [0, 0.1) is 24.1 Å². The first-order valence-corrected chi connectivity index (χ1v) is 6.46. The molecule has 110 valence electrons. The van der Waals surface area contributed by atoms with Gasteiger partial charge in [0.2, 0.25) is 0 Å². The lowest BCUT2D eigenvalue weighted by molar-refractivity contribution is 0.0728. The Hall–Kier alpha value is -2.23. The van der Waals surface area contributed by atoms with E-state index in [2.05, 4.69) is 10.3 Å². The van der Waals surface area contributed by atoms with E-state index in [0.29, 0.717) is 27.7 Å². The van der Waals surface area contributed by atoms with E-state index in [1.807, 2.05) is 6.07 Å². The van der Waals surface area contributed by atoms with Crippen LogP contribution in [0.5, 0.6) is 0 Å². The summed E-state index contributed by atoms with van der Waals surface area (Å²) in [6.07, 6.45) is 0.720. The van der Waals surface area contributed by atoms with Crippen molar-refractivity contribution in [3.8, 4) is 6.07 Å². The average Bonchev–Trinajstić information content (AvgIpc) is 2.44. The summed E-state index contributed by atoms with van der Waals surface area (Å²) in [5.41, 5.74) is 2.09. The van der Waals surface area contributed by atoms with Gasteiger partial charge in [-0.15, -0.1) is 0 Å². The number of fused-ring (bicyclic) bond motifs is 1. The first-order chi connectivity index (χ1) is 10.1. The van der Waals surface area contributed by atoms with E-state index < -0.39 is 11.9 Å². The van der Waals surface area contributed by atoms with Crippen LogP contribution >= 0.6 is 0 Å². The Morgan fingerprint density at radius 3 is 2.95 bits per heavy atom. The molecule has 1 aromatic heterocycles. The highest BCUT2D eigenvalue weighted by Crippen LogP contribution is 2.28. The number of ether oxygens (including phenoxy) is 1. The fourth-order valence-electron chi connectivity index (χ4n) is 2.18. The van der Waals surface area contributed by atoms with Crippen LogP contribution in [0.4, 0.5) is 10.1 Å². The van der Waals surface area contributed by atoms with E-state index in [1.165, 1.54) is 25.4 Å². The molecule has 2 N–H and O–H groups in total. The summed E-state index contributed by atoms with van der Waals surface area (Å²) in [7, 11) is 1.49. The van der Waals surface area contributed by atoms with Crippen molar-refractivity contribution >= 4 is 16.6 Å². The molecule has 0 aliphatic rings. The maximum atomic E-state index is 13.6. The van der Waals surface area contributed by atoms with Gasteiger partial charge in [0, 0.05) is 25.2 Å². The van der Waals surface area contributed by atoms with Gasteiger partial charge in [-0.2, -0.15) is 5.26 Å². The number of hydrogen-bond acceptors (Lipinski definition) is 5. The minimum absolute atomic E-state index is 0.172. The van der Waals surface area contributed by atoms with Crippen LogP contribution in [0.25, 0.3) is 10.9 Å². The van der Waals surface area contributed by atoms with Crippen molar-refractivity contribution in [2.75, 3.05) is 25.6 Å². The number of aryl methyl sites for hydroxylation is 1. The third-order valence-electron chi connectivity index (χ3n) is 3.12. The molecular formula is C15H16FN3O2. The Kier molecular flexibility index (Phi) is 4.68. The first kappa shape index (κ1) is 15.2. The van der Waals surface area contributed by atoms with Crippen LogP contribution in [-0.2, 0) is 4.74 Å². The molecule has 0 aliphatic heterocycles. The highest BCUT2D eigenvalue weighted by molar-refractivity contribution is 5.95. The van der Waals surface area contributed by atoms with Crippen molar-refractivity contribution in [1.29, 1.82) is 5.26 Å². The number of pyridine rings is 1. The summed E-state index contributed by atoms with van der Waals surface area (Å²) in [4.78, 5) is 4.20. The number of rotatable bonds is 5. The number of nitriles is 1. The molecule has 0 aliphatic carbocycles. The zero-order valence-electron chi connectivity index (χ0n) is 11.9. The number of halogens is 1. The fourth-order valence-corrected chi connectivity index (χ4v) is 2.18. The van der Waals surface area contributed by atoms with Gasteiger partial charge in [0.15, 0.2) is 0 Å². The standard InChI is InChI=1S/C15H16FN3O2/c1-9-3-11(16)4-13-14(9)18-6-10(5-17)15(13)19-7-12(20)8-21-2/h3-4,6,12,20H,7-8H2,1-2H3,(H,18,19)/t12-/m0/s1. The molecule has 0 saturated heterocycles. The lowest BCUT2D eigenvalue weighted by Crippen LogP contribution is -2.24. The molecule has 0 fully saturated rings. The molecule has 1 heterocycles. The normalized spacial score (nSPS) is 12.1. The van der Waals surface area contributed by atoms with Gasteiger partial charge in [0.1, 0.15) is 11.9 Å². The number of nitrogens with one attached hydrogen (secondary N) is 1. The van der Waals surface area contributed by atoms with Crippen molar-refractivity contribution in [2.24, 2.45) is 0 Å². The molecule has 2 rings (SSSR count). The van der Waals surface area contributed by atoms with E-state index in [0.717, 1.165) is 0 Å². The van der Waals surface area contributed by atoms with Crippen molar-refractivity contribution in [1.82, 2.24) is 4.98 Å². The smallest absolute Gasteiger partial charge is 0.124 e. The number of benzene rings is 1. The van der Waals surface area contributed by atoms with Gasteiger partial charge in [-0.1, -0.05) is 0 Å². The van der Waals surface area contributed by atoms with Gasteiger partial charge in [0.05, 0.1) is 29.5 Å². The molecule has 6 heteroatoms. The van der Waals surface area contributed by atoms with Crippen LogP contribution in [0.1, 0.15) is 11.1 Å². The monoisotopic (exact) mass is 289 g/mol. The van der Waals surface area contributed by atoms with Crippen LogP contribution in [0.15, 0.2) is 18.3 Å². The summed E-state index contributed by atoms with van der Waals surface area (Å²) in [5.74, 6) is -0.391. The average molecular weight is 289 g/mol. The molecule has 2 aromatic rings. The number of aliphatic hydroxyl groups is 1. The number of hydrogen-bond donors (Lipinski definition) is 2. The SMILES string of the molecule is COC[C@@H](O)CNc1c(C#N)cnc2c(C)cc(F)cc12. The van der Waals surface area contributed by atoms with E-state index in [1.54, 1.807) is 6.92 Å². The molecule has 0 spiro atoms. The topological polar surface area (TPSA) is 78.2 Å². The lowest BCUT2D eigenvalue weighted by atomic mass is 10.1. The zero-order chi connectivity index (χ0) is 15.4.